The minimum Gasteiger partial charge on any atom is -0.457 e. The average Bonchev–Trinajstić information content (AvgIpc) is 2.52. The maximum absolute atomic E-state index is 5.82. The minimum atomic E-state index is 0.733. The average molecular weight is 420 g/mol. The van der Waals surface area contributed by atoms with Crippen molar-refractivity contribution < 1.29 is 9.47 Å². The van der Waals surface area contributed by atoms with Crippen molar-refractivity contribution >= 4 is 31.9 Å². The van der Waals surface area contributed by atoms with Gasteiger partial charge in [0.25, 0.3) is 0 Å². The summed E-state index contributed by atoms with van der Waals surface area (Å²) in [6.45, 7) is 0. The Hall–Kier alpha value is -1.78. The molecule has 0 amide bonds. The van der Waals surface area contributed by atoms with Crippen molar-refractivity contribution in [2.24, 2.45) is 0 Å². The second-order valence-electron chi connectivity index (χ2n) is 4.59. The van der Waals surface area contributed by atoms with E-state index in [-0.39, 0.29) is 0 Å². The molecule has 0 fully saturated rings. The van der Waals surface area contributed by atoms with E-state index in [0.717, 1.165) is 31.9 Å². The Morgan fingerprint density at radius 1 is 0.500 bits per heavy atom. The van der Waals surface area contributed by atoms with E-state index in [9.17, 15) is 0 Å². The van der Waals surface area contributed by atoms with Gasteiger partial charge in [-0.25, -0.2) is 0 Å². The molecule has 0 heterocycles. The van der Waals surface area contributed by atoms with Crippen LogP contribution in [0.1, 0.15) is 0 Å². The monoisotopic (exact) mass is 418 g/mol. The Bertz CT molecular complexity index is 690. The zero-order chi connectivity index (χ0) is 15.4. The molecule has 4 heteroatoms. The van der Waals surface area contributed by atoms with Crippen LogP contribution in [0.4, 0.5) is 0 Å². The lowest BCUT2D eigenvalue weighted by Gasteiger charge is -2.09. The van der Waals surface area contributed by atoms with E-state index in [1.807, 2.05) is 72.8 Å². The highest BCUT2D eigenvalue weighted by atomic mass is 79.9. The van der Waals surface area contributed by atoms with Gasteiger partial charge >= 0.3 is 0 Å². The Balaban J connectivity index is 1.74. The van der Waals surface area contributed by atoms with Crippen LogP contribution >= 0.6 is 31.9 Å². The first-order chi connectivity index (χ1) is 10.7. The number of ether oxygens (including phenoxy) is 2. The molecule has 0 saturated heterocycles. The van der Waals surface area contributed by atoms with E-state index in [4.69, 9.17) is 9.47 Å². The molecule has 0 atom stereocenters. The van der Waals surface area contributed by atoms with Gasteiger partial charge in [-0.2, -0.15) is 0 Å². The molecule has 3 rings (SSSR count). The maximum Gasteiger partial charge on any atom is 0.131 e. The Labute approximate surface area is 146 Å². The van der Waals surface area contributed by atoms with Gasteiger partial charge in [-0.3, -0.25) is 0 Å². The number of hydrogen-bond acceptors (Lipinski definition) is 2. The third-order valence-corrected chi connectivity index (χ3v) is 3.96. The molecular formula is C18H12Br2O2. The molecule has 0 aromatic heterocycles. The standard InChI is InChI=1S/C18H12Br2O2/c19-13-4-8-15(9-5-13)21-17-2-1-3-18(12-17)22-16-10-6-14(20)7-11-16/h1-12H. The fourth-order valence-electron chi connectivity index (χ4n) is 1.88. The zero-order valence-corrected chi connectivity index (χ0v) is 14.7. The van der Waals surface area contributed by atoms with E-state index >= 15 is 0 Å². The Morgan fingerprint density at radius 3 is 1.32 bits per heavy atom. The van der Waals surface area contributed by atoms with Gasteiger partial charge in [-0.1, -0.05) is 37.9 Å². The van der Waals surface area contributed by atoms with Crippen LogP contribution in [0, 0.1) is 0 Å². The SMILES string of the molecule is Brc1ccc(Oc2cccc(Oc3ccc(Br)cc3)c2)cc1. The van der Waals surface area contributed by atoms with Crippen LogP contribution in [0.25, 0.3) is 0 Å². The van der Waals surface area contributed by atoms with Crippen molar-refractivity contribution in [3.8, 4) is 23.0 Å². The van der Waals surface area contributed by atoms with Gasteiger partial charge in [-0.05, 0) is 60.7 Å². The predicted octanol–water partition coefficient (Wildman–Crippen LogP) is 6.80. The van der Waals surface area contributed by atoms with Crippen molar-refractivity contribution in [3.05, 3.63) is 81.7 Å². The van der Waals surface area contributed by atoms with Gasteiger partial charge in [0, 0.05) is 15.0 Å². The Kier molecular flexibility index (Phi) is 4.80. The first-order valence-corrected chi connectivity index (χ1v) is 8.24. The first kappa shape index (κ1) is 15.1. The number of halogens is 2. The van der Waals surface area contributed by atoms with E-state index < -0.39 is 0 Å². The largest absolute Gasteiger partial charge is 0.457 e. The van der Waals surface area contributed by atoms with Gasteiger partial charge < -0.3 is 9.47 Å². The molecule has 0 aliphatic carbocycles. The van der Waals surface area contributed by atoms with Crippen molar-refractivity contribution in [1.82, 2.24) is 0 Å². The summed E-state index contributed by atoms with van der Waals surface area (Å²) >= 11 is 6.81. The summed E-state index contributed by atoms with van der Waals surface area (Å²) in [5, 5.41) is 0. The molecular weight excluding hydrogens is 408 g/mol. The maximum atomic E-state index is 5.82. The lowest BCUT2D eigenvalue weighted by molar-refractivity contribution is 0.460. The Morgan fingerprint density at radius 2 is 0.909 bits per heavy atom. The molecule has 3 aromatic carbocycles. The molecule has 0 bridgehead atoms. The summed E-state index contributed by atoms with van der Waals surface area (Å²) in [5.41, 5.74) is 0. The summed E-state index contributed by atoms with van der Waals surface area (Å²) in [7, 11) is 0. The van der Waals surface area contributed by atoms with E-state index in [2.05, 4.69) is 31.9 Å². The molecule has 0 aliphatic rings. The summed E-state index contributed by atoms with van der Waals surface area (Å²) in [5.74, 6) is 3.03. The van der Waals surface area contributed by atoms with Crippen molar-refractivity contribution in [2.75, 3.05) is 0 Å². The van der Waals surface area contributed by atoms with Crippen LogP contribution in [-0.4, -0.2) is 0 Å². The molecule has 3 aromatic rings. The number of rotatable bonds is 4. The summed E-state index contributed by atoms with van der Waals surface area (Å²) in [4.78, 5) is 0. The zero-order valence-electron chi connectivity index (χ0n) is 11.5. The van der Waals surface area contributed by atoms with Crippen LogP contribution in [0.5, 0.6) is 23.0 Å². The second-order valence-corrected chi connectivity index (χ2v) is 6.42. The van der Waals surface area contributed by atoms with Crippen LogP contribution in [0.15, 0.2) is 81.7 Å². The molecule has 0 saturated carbocycles. The molecule has 110 valence electrons. The third-order valence-electron chi connectivity index (χ3n) is 2.90. The summed E-state index contributed by atoms with van der Waals surface area (Å²) < 4.78 is 13.7. The van der Waals surface area contributed by atoms with Crippen molar-refractivity contribution in [2.45, 2.75) is 0 Å². The first-order valence-electron chi connectivity index (χ1n) is 6.66. The summed E-state index contributed by atoms with van der Waals surface area (Å²) in [6, 6.07) is 23.0. The molecule has 2 nitrogen and oxygen atoms in total. The van der Waals surface area contributed by atoms with Crippen molar-refractivity contribution in [1.29, 1.82) is 0 Å². The molecule has 0 unspecified atom stereocenters. The summed E-state index contributed by atoms with van der Waals surface area (Å²) in [6.07, 6.45) is 0. The van der Waals surface area contributed by atoms with E-state index in [0.29, 0.717) is 0 Å². The second kappa shape index (κ2) is 6.99. The quantitative estimate of drug-likeness (QED) is 0.463. The fourth-order valence-corrected chi connectivity index (χ4v) is 2.41. The van der Waals surface area contributed by atoms with E-state index in [1.165, 1.54) is 0 Å². The van der Waals surface area contributed by atoms with Gasteiger partial charge in [0.15, 0.2) is 0 Å². The van der Waals surface area contributed by atoms with Crippen LogP contribution < -0.4 is 9.47 Å². The molecule has 0 spiro atoms. The third kappa shape index (κ3) is 4.12. The minimum absolute atomic E-state index is 0.733. The van der Waals surface area contributed by atoms with Crippen LogP contribution in [-0.2, 0) is 0 Å². The highest BCUT2D eigenvalue weighted by Gasteiger charge is 2.02. The van der Waals surface area contributed by atoms with Crippen LogP contribution in [0.2, 0.25) is 0 Å². The lowest BCUT2D eigenvalue weighted by atomic mass is 10.3. The fraction of sp³-hybridized carbons (Fsp3) is 0. The topological polar surface area (TPSA) is 18.5 Å². The van der Waals surface area contributed by atoms with Crippen LogP contribution in [0.3, 0.4) is 0 Å². The molecule has 0 radical (unpaired) electrons. The predicted molar refractivity (Wildman–Crippen MR) is 94.9 cm³/mol. The van der Waals surface area contributed by atoms with Gasteiger partial charge in [0.05, 0.1) is 0 Å². The smallest absolute Gasteiger partial charge is 0.131 e. The van der Waals surface area contributed by atoms with Gasteiger partial charge in [-0.15, -0.1) is 0 Å². The highest BCUT2D eigenvalue weighted by Crippen LogP contribution is 2.29. The molecule has 0 N–H and O–H groups in total. The van der Waals surface area contributed by atoms with Crippen molar-refractivity contribution in [3.63, 3.8) is 0 Å². The number of hydrogen-bond donors (Lipinski definition) is 0. The normalized spacial score (nSPS) is 10.3. The van der Waals surface area contributed by atoms with Gasteiger partial charge in [0.1, 0.15) is 23.0 Å². The lowest BCUT2D eigenvalue weighted by Crippen LogP contribution is -1.87. The molecule has 22 heavy (non-hydrogen) atoms. The number of benzene rings is 3. The highest BCUT2D eigenvalue weighted by molar-refractivity contribution is 9.10. The van der Waals surface area contributed by atoms with E-state index in [1.54, 1.807) is 0 Å². The molecule has 0 aliphatic heterocycles. The van der Waals surface area contributed by atoms with Gasteiger partial charge in [0.2, 0.25) is 0 Å².